The maximum Gasteiger partial charge on any atom is 0.257 e. The van der Waals surface area contributed by atoms with Gasteiger partial charge in [-0.2, -0.15) is 5.10 Å². The van der Waals surface area contributed by atoms with Crippen LogP contribution >= 0.6 is 11.6 Å². The highest BCUT2D eigenvalue weighted by atomic mass is 35.5. The molecule has 4 aromatic rings. The van der Waals surface area contributed by atoms with Gasteiger partial charge in [0.1, 0.15) is 11.0 Å². The van der Waals surface area contributed by atoms with Crippen LogP contribution in [0.25, 0.3) is 0 Å². The zero-order valence-corrected chi connectivity index (χ0v) is 17.7. The van der Waals surface area contributed by atoms with Crippen molar-refractivity contribution in [1.82, 2.24) is 15.1 Å². The molecule has 6 heteroatoms. The number of amides is 1. The van der Waals surface area contributed by atoms with Crippen LogP contribution in [0.1, 0.15) is 38.8 Å². The molecule has 0 fully saturated rings. The second kappa shape index (κ2) is 9.14. The fourth-order valence-electron chi connectivity index (χ4n) is 3.54. The standard InChI is InChI=1S/C25H21ClFN3O/c1-17-22(24(26)30(29-17)16-18-8-4-2-5-9-18)25(31)28-23(19-10-6-3-7-11-19)20-12-14-21(27)15-13-20/h2-15,23H,16H2,1H3,(H,28,31). The summed E-state index contributed by atoms with van der Waals surface area (Å²) in [6, 6.07) is 25.0. The van der Waals surface area contributed by atoms with Crippen LogP contribution in [-0.4, -0.2) is 15.7 Å². The molecule has 1 atom stereocenters. The van der Waals surface area contributed by atoms with Crippen molar-refractivity contribution in [2.24, 2.45) is 0 Å². The minimum Gasteiger partial charge on any atom is -0.341 e. The van der Waals surface area contributed by atoms with E-state index in [0.29, 0.717) is 17.8 Å². The highest BCUT2D eigenvalue weighted by molar-refractivity contribution is 6.33. The Labute approximate surface area is 185 Å². The van der Waals surface area contributed by atoms with E-state index in [4.69, 9.17) is 11.6 Å². The lowest BCUT2D eigenvalue weighted by Gasteiger charge is -2.20. The Morgan fingerprint density at radius 3 is 2.19 bits per heavy atom. The van der Waals surface area contributed by atoms with E-state index in [9.17, 15) is 9.18 Å². The highest BCUT2D eigenvalue weighted by Crippen LogP contribution is 2.26. The molecule has 31 heavy (non-hydrogen) atoms. The van der Waals surface area contributed by atoms with Gasteiger partial charge < -0.3 is 5.32 Å². The lowest BCUT2D eigenvalue weighted by Crippen LogP contribution is -2.29. The van der Waals surface area contributed by atoms with Crippen molar-refractivity contribution in [3.63, 3.8) is 0 Å². The number of nitrogens with one attached hydrogen (secondary N) is 1. The Morgan fingerprint density at radius 2 is 1.55 bits per heavy atom. The van der Waals surface area contributed by atoms with E-state index in [-0.39, 0.29) is 16.9 Å². The van der Waals surface area contributed by atoms with E-state index in [2.05, 4.69) is 10.4 Å². The Morgan fingerprint density at radius 1 is 0.968 bits per heavy atom. The first kappa shape index (κ1) is 20.8. The highest BCUT2D eigenvalue weighted by Gasteiger charge is 2.24. The Bertz CT molecular complexity index is 1170. The third-order valence-corrected chi connectivity index (χ3v) is 5.46. The average Bonchev–Trinajstić information content (AvgIpc) is 3.07. The van der Waals surface area contributed by atoms with Gasteiger partial charge in [-0.1, -0.05) is 84.4 Å². The molecule has 1 unspecified atom stereocenters. The maximum atomic E-state index is 13.5. The molecule has 4 rings (SSSR count). The monoisotopic (exact) mass is 433 g/mol. The van der Waals surface area contributed by atoms with Gasteiger partial charge in [0, 0.05) is 0 Å². The summed E-state index contributed by atoms with van der Waals surface area (Å²) < 4.78 is 15.1. The van der Waals surface area contributed by atoms with Crippen molar-refractivity contribution in [2.45, 2.75) is 19.5 Å². The molecular formula is C25H21ClFN3O. The number of carbonyl (C=O) groups is 1. The van der Waals surface area contributed by atoms with Crippen molar-refractivity contribution in [1.29, 1.82) is 0 Å². The summed E-state index contributed by atoms with van der Waals surface area (Å²) in [6.07, 6.45) is 0. The van der Waals surface area contributed by atoms with E-state index in [1.165, 1.54) is 12.1 Å². The predicted molar refractivity (Wildman–Crippen MR) is 120 cm³/mol. The maximum absolute atomic E-state index is 13.5. The summed E-state index contributed by atoms with van der Waals surface area (Å²) in [5, 5.41) is 7.79. The molecule has 1 heterocycles. The first-order valence-electron chi connectivity index (χ1n) is 9.91. The molecule has 1 amide bonds. The first-order chi connectivity index (χ1) is 15.0. The van der Waals surface area contributed by atoms with Gasteiger partial charge in [-0.25, -0.2) is 9.07 Å². The van der Waals surface area contributed by atoms with Crippen LogP contribution in [0.2, 0.25) is 5.15 Å². The van der Waals surface area contributed by atoms with Gasteiger partial charge in [-0.3, -0.25) is 4.79 Å². The van der Waals surface area contributed by atoms with Crippen molar-refractivity contribution >= 4 is 17.5 Å². The van der Waals surface area contributed by atoms with E-state index in [1.54, 1.807) is 23.7 Å². The first-order valence-corrected chi connectivity index (χ1v) is 10.3. The topological polar surface area (TPSA) is 46.9 Å². The largest absolute Gasteiger partial charge is 0.341 e. The second-order valence-electron chi connectivity index (χ2n) is 7.26. The van der Waals surface area contributed by atoms with Crippen LogP contribution in [-0.2, 0) is 6.54 Å². The van der Waals surface area contributed by atoms with Crippen molar-refractivity contribution < 1.29 is 9.18 Å². The average molecular weight is 434 g/mol. The van der Waals surface area contributed by atoms with E-state index < -0.39 is 6.04 Å². The van der Waals surface area contributed by atoms with Crippen molar-refractivity contribution in [3.8, 4) is 0 Å². The van der Waals surface area contributed by atoms with E-state index in [0.717, 1.165) is 16.7 Å². The van der Waals surface area contributed by atoms with Gasteiger partial charge in [-0.15, -0.1) is 0 Å². The van der Waals surface area contributed by atoms with Crippen molar-refractivity contribution in [3.05, 3.63) is 124 Å². The smallest absolute Gasteiger partial charge is 0.257 e. The number of hydrogen-bond donors (Lipinski definition) is 1. The van der Waals surface area contributed by atoms with Crippen LogP contribution < -0.4 is 5.32 Å². The number of rotatable bonds is 6. The van der Waals surface area contributed by atoms with Crippen LogP contribution in [0.5, 0.6) is 0 Å². The summed E-state index contributed by atoms with van der Waals surface area (Å²) in [7, 11) is 0. The minimum atomic E-state index is -0.456. The predicted octanol–water partition coefficient (Wildman–Crippen LogP) is 5.55. The summed E-state index contributed by atoms with van der Waals surface area (Å²) in [5.41, 5.74) is 3.57. The third kappa shape index (κ3) is 4.67. The molecule has 0 aliphatic rings. The molecule has 0 bridgehead atoms. The van der Waals surface area contributed by atoms with Crippen LogP contribution in [0.15, 0.2) is 84.9 Å². The molecule has 1 aromatic heterocycles. The van der Waals surface area contributed by atoms with Crippen LogP contribution in [0, 0.1) is 12.7 Å². The molecule has 0 aliphatic heterocycles. The number of aromatic nitrogens is 2. The zero-order chi connectivity index (χ0) is 21.8. The summed E-state index contributed by atoms with van der Waals surface area (Å²) >= 11 is 6.56. The normalized spacial score (nSPS) is 11.8. The molecule has 3 aromatic carbocycles. The van der Waals surface area contributed by atoms with Gasteiger partial charge in [0.05, 0.1) is 23.8 Å². The van der Waals surface area contributed by atoms with Crippen molar-refractivity contribution in [2.75, 3.05) is 0 Å². The summed E-state index contributed by atoms with van der Waals surface area (Å²) in [5.74, 6) is -0.664. The number of halogens is 2. The SMILES string of the molecule is Cc1nn(Cc2ccccc2)c(Cl)c1C(=O)NC(c1ccccc1)c1ccc(F)cc1. The van der Waals surface area contributed by atoms with Gasteiger partial charge in [0.25, 0.3) is 5.91 Å². The molecule has 4 nitrogen and oxygen atoms in total. The number of hydrogen-bond acceptors (Lipinski definition) is 2. The molecule has 0 spiro atoms. The van der Waals surface area contributed by atoms with Crippen LogP contribution in [0.3, 0.4) is 0 Å². The zero-order valence-electron chi connectivity index (χ0n) is 16.9. The third-order valence-electron chi connectivity index (χ3n) is 5.08. The number of carbonyl (C=O) groups excluding carboxylic acids is 1. The summed E-state index contributed by atoms with van der Waals surface area (Å²) in [4.78, 5) is 13.3. The van der Waals surface area contributed by atoms with Gasteiger partial charge in [0.2, 0.25) is 0 Å². The molecule has 0 saturated carbocycles. The molecule has 1 N–H and O–H groups in total. The fraction of sp³-hybridized carbons (Fsp3) is 0.120. The Kier molecular flexibility index (Phi) is 6.14. The van der Waals surface area contributed by atoms with E-state index in [1.807, 2.05) is 60.7 Å². The lowest BCUT2D eigenvalue weighted by molar-refractivity contribution is 0.0942. The molecular weight excluding hydrogens is 413 g/mol. The van der Waals surface area contributed by atoms with Crippen LogP contribution in [0.4, 0.5) is 4.39 Å². The second-order valence-corrected chi connectivity index (χ2v) is 7.62. The number of aryl methyl sites for hydroxylation is 1. The minimum absolute atomic E-state index is 0.282. The molecule has 0 aliphatic carbocycles. The fourth-order valence-corrected chi connectivity index (χ4v) is 3.86. The van der Waals surface area contributed by atoms with Gasteiger partial charge in [-0.05, 0) is 35.7 Å². The van der Waals surface area contributed by atoms with Gasteiger partial charge in [0.15, 0.2) is 0 Å². The molecule has 156 valence electrons. The number of nitrogens with zero attached hydrogens (tertiary/aromatic N) is 2. The summed E-state index contributed by atoms with van der Waals surface area (Å²) in [6.45, 7) is 2.23. The molecule has 0 saturated heterocycles. The number of benzene rings is 3. The Balaban J connectivity index is 1.64. The lowest BCUT2D eigenvalue weighted by atomic mass is 9.98. The Hall–Kier alpha value is -3.44. The van der Waals surface area contributed by atoms with E-state index >= 15 is 0 Å². The van der Waals surface area contributed by atoms with Gasteiger partial charge >= 0.3 is 0 Å². The quantitative estimate of drug-likeness (QED) is 0.433. The molecule has 0 radical (unpaired) electrons.